The molecule has 0 radical (unpaired) electrons. The molecule has 0 bridgehead atoms. The molecule has 2 atom stereocenters. The van der Waals surface area contributed by atoms with Crippen LogP contribution in [-0.2, 0) is 0 Å². The number of nitrogens with zero attached hydrogens (tertiary/aromatic N) is 2. The highest BCUT2D eigenvalue weighted by Crippen LogP contribution is 2.30. The molecule has 1 N–H and O–H groups in total. The fourth-order valence-electron chi connectivity index (χ4n) is 4.25. The molecule has 2 heterocycles. The van der Waals surface area contributed by atoms with E-state index in [2.05, 4.69) is 39.6 Å². The minimum Gasteiger partial charge on any atom is -0.497 e. The number of nitrogens with one attached hydrogen (secondary N) is 1. The number of carbonyl (C=O) groups is 1. The van der Waals surface area contributed by atoms with Crippen LogP contribution in [-0.4, -0.2) is 50.1 Å². The monoisotopic (exact) mass is 453 g/mol. The number of carbonyl (C=O) groups excluding carboxylic acids is 1. The number of hydrogen-bond acceptors (Lipinski definition) is 5. The number of halogens is 1. The summed E-state index contributed by atoms with van der Waals surface area (Å²) in [5, 5.41) is 5.27. The first-order chi connectivity index (χ1) is 15.5. The predicted octanol–water partition coefficient (Wildman–Crippen LogP) is 4.58. The SMILES string of the molecule is COc1cccc(C(=O)N[C@H](C)[C@H](c2cccs2)N2CCN(c3ccc(F)cc3)CC2)c1. The Morgan fingerprint density at radius 3 is 2.47 bits per heavy atom. The number of hydrogen-bond donors (Lipinski definition) is 1. The molecule has 1 aliphatic rings. The number of benzene rings is 2. The number of piperazine rings is 1. The number of anilines is 1. The Morgan fingerprint density at radius 1 is 1.06 bits per heavy atom. The van der Waals surface area contributed by atoms with Crippen LogP contribution in [0.15, 0.2) is 66.0 Å². The van der Waals surface area contributed by atoms with Crippen LogP contribution in [0.2, 0.25) is 0 Å². The van der Waals surface area contributed by atoms with Gasteiger partial charge in [0.05, 0.1) is 13.2 Å². The molecule has 7 heteroatoms. The second-order valence-electron chi connectivity index (χ2n) is 7.95. The minimum atomic E-state index is -0.217. The van der Waals surface area contributed by atoms with Crippen molar-refractivity contribution in [3.63, 3.8) is 0 Å². The second-order valence-corrected chi connectivity index (χ2v) is 8.93. The molecule has 1 aromatic heterocycles. The van der Waals surface area contributed by atoms with E-state index in [1.54, 1.807) is 30.6 Å². The van der Waals surface area contributed by atoms with Gasteiger partial charge < -0.3 is 15.0 Å². The van der Waals surface area contributed by atoms with E-state index < -0.39 is 0 Å². The van der Waals surface area contributed by atoms with Gasteiger partial charge in [-0.1, -0.05) is 12.1 Å². The Kier molecular flexibility index (Phi) is 7.07. The molecular formula is C25H28FN3O2S. The van der Waals surface area contributed by atoms with E-state index >= 15 is 0 Å². The summed E-state index contributed by atoms with van der Waals surface area (Å²) in [7, 11) is 1.60. The quantitative estimate of drug-likeness (QED) is 0.569. The third-order valence-corrected chi connectivity index (χ3v) is 6.84. The highest BCUT2D eigenvalue weighted by Gasteiger charge is 2.31. The predicted molar refractivity (Wildman–Crippen MR) is 127 cm³/mol. The zero-order chi connectivity index (χ0) is 22.5. The van der Waals surface area contributed by atoms with Gasteiger partial charge in [-0.05, 0) is 60.8 Å². The Bertz CT molecular complexity index is 1020. The van der Waals surface area contributed by atoms with Gasteiger partial charge in [-0.3, -0.25) is 9.69 Å². The highest BCUT2D eigenvalue weighted by molar-refractivity contribution is 7.10. The van der Waals surface area contributed by atoms with Gasteiger partial charge in [-0.2, -0.15) is 0 Å². The molecule has 0 aliphatic carbocycles. The van der Waals surface area contributed by atoms with E-state index in [4.69, 9.17) is 4.74 Å². The van der Waals surface area contributed by atoms with E-state index in [-0.39, 0.29) is 23.8 Å². The molecular weight excluding hydrogens is 425 g/mol. The lowest BCUT2D eigenvalue weighted by Gasteiger charge is -2.42. The molecule has 168 valence electrons. The maximum absolute atomic E-state index is 13.3. The van der Waals surface area contributed by atoms with Gasteiger partial charge in [0, 0.05) is 48.3 Å². The van der Waals surface area contributed by atoms with Crippen molar-refractivity contribution < 1.29 is 13.9 Å². The van der Waals surface area contributed by atoms with Gasteiger partial charge in [0.1, 0.15) is 11.6 Å². The lowest BCUT2D eigenvalue weighted by molar-refractivity contribution is 0.0890. The summed E-state index contributed by atoms with van der Waals surface area (Å²) in [6, 6.07) is 18.1. The largest absolute Gasteiger partial charge is 0.497 e. The summed E-state index contributed by atoms with van der Waals surface area (Å²) in [6.07, 6.45) is 0. The molecule has 1 saturated heterocycles. The van der Waals surface area contributed by atoms with Gasteiger partial charge in [-0.25, -0.2) is 4.39 Å². The third kappa shape index (κ3) is 5.11. The van der Waals surface area contributed by atoms with Gasteiger partial charge >= 0.3 is 0 Å². The van der Waals surface area contributed by atoms with Crippen LogP contribution in [0.4, 0.5) is 10.1 Å². The van der Waals surface area contributed by atoms with E-state index in [0.29, 0.717) is 11.3 Å². The first kappa shape index (κ1) is 22.3. The lowest BCUT2D eigenvalue weighted by atomic mass is 10.0. The van der Waals surface area contributed by atoms with Crippen molar-refractivity contribution in [1.29, 1.82) is 0 Å². The molecule has 0 saturated carbocycles. The van der Waals surface area contributed by atoms with E-state index in [9.17, 15) is 9.18 Å². The lowest BCUT2D eigenvalue weighted by Crippen LogP contribution is -2.52. The third-order valence-electron chi connectivity index (χ3n) is 5.90. The van der Waals surface area contributed by atoms with Crippen LogP contribution in [0.5, 0.6) is 5.75 Å². The van der Waals surface area contributed by atoms with Crippen LogP contribution < -0.4 is 15.0 Å². The zero-order valence-electron chi connectivity index (χ0n) is 18.3. The van der Waals surface area contributed by atoms with Crippen molar-refractivity contribution in [2.75, 3.05) is 38.2 Å². The smallest absolute Gasteiger partial charge is 0.251 e. The number of methoxy groups -OCH3 is 1. The number of ether oxygens (including phenoxy) is 1. The molecule has 5 nitrogen and oxygen atoms in total. The molecule has 0 spiro atoms. The van der Waals surface area contributed by atoms with E-state index in [1.165, 1.54) is 17.0 Å². The minimum absolute atomic E-state index is 0.0790. The van der Waals surface area contributed by atoms with E-state index in [0.717, 1.165) is 31.9 Å². The van der Waals surface area contributed by atoms with Crippen molar-refractivity contribution in [1.82, 2.24) is 10.2 Å². The normalized spacial score (nSPS) is 16.4. The number of rotatable bonds is 7. The topological polar surface area (TPSA) is 44.8 Å². The molecule has 3 aromatic rings. The summed E-state index contributed by atoms with van der Waals surface area (Å²) in [5.41, 5.74) is 1.63. The van der Waals surface area contributed by atoms with Crippen LogP contribution >= 0.6 is 11.3 Å². The Hall–Kier alpha value is -2.90. The Labute approximate surface area is 192 Å². The van der Waals surface area contributed by atoms with Gasteiger partial charge in [-0.15, -0.1) is 11.3 Å². The zero-order valence-corrected chi connectivity index (χ0v) is 19.1. The van der Waals surface area contributed by atoms with Crippen LogP contribution in [0.1, 0.15) is 28.2 Å². The van der Waals surface area contributed by atoms with Crippen molar-refractivity contribution in [2.45, 2.75) is 19.0 Å². The van der Waals surface area contributed by atoms with Crippen LogP contribution in [0.3, 0.4) is 0 Å². The molecule has 32 heavy (non-hydrogen) atoms. The Morgan fingerprint density at radius 2 is 1.81 bits per heavy atom. The van der Waals surface area contributed by atoms with Crippen molar-refractivity contribution in [3.05, 3.63) is 82.3 Å². The molecule has 4 rings (SSSR count). The first-order valence-electron chi connectivity index (χ1n) is 10.8. The fraction of sp³-hybridized carbons (Fsp3) is 0.320. The second kappa shape index (κ2) is 10.1. The van der Waals surface area contributed by atoms with Crippen molar-refractivity contribution in [3.8, 4) is 5.75 Å². The Balaban J connectivity index is 1.46. The maximum atomic E-state index is 13.3. The van der Waals surface area contributed by atoms with Crippen LogP contribution in [0.25, 0.3) is 0 Å². The summed E-state index contributed by atoms with van der Waals surface area (Å²) in [6.45, 7) is 5.49. The summed E-state index contributed by atoms with van der Waals surface area (Å²) < 4.78 is 18.5. The van der Waals surface area contributed by atoms with Crippen molar-refractivity contribution >= 4 is 22.9 Å². The average Bonchev–Trinajstić information content (AvgIpc) is 3.34. The van der Waals surface area contributed by atoms with Gasteiger partial charge in [0.15, 0.2) is 0 Å². The molecule has 1 aliphatic heterocycles. The molecule has 1 fully saturated rings. The fourth-order valence-corrected chi connectivity index (χ4v) is 5.21. The van der Waals surface area contributed by atoms with Crippen molar-refractivity contribution in [2.24, 2.45) is 0 Å². The average molecular weight is 454 g/mol. The van der Waals surface area contributed by atoms with E-state index in [1.807, 2.05) is 24.3 Å². The molecule has 0 unspecified atom stereocenters. The summed E-state index contributed by atoms with van der Waals surface area (Å²) >= 11 is 1.71. The highest BCUT2D eigenvalue weighted by atomic mass is 32.1. The summed E-state index contributed by atoms with van der Waals surface area (Å²) in [4.78, 5) is 18.9. The van der Waals surface area contributed by atoms with Gasteiger partial charge in [0.25, 0.3) is 5.91 Å². The number of amides is 1. The standard InChI is InChI=1S/C25H28FN3O2S/c1-18(27-25(30)19-5-3-6-22(17-19)31-2)24(23-7-4-16-32-23)29-14-12-28(13-15-29)21-10-8-20(26)9-11-21/h3-11,16-18,24H,12-15H2,1-2H3,(H,27,30)/t18-,24-/m1/s1. The molecule has 1 amide bonds. The summed E-state index contributed by atoms with van der Waals surface area (Å²) in [5.74, 6) is 0.339. The first-order valence-corrected chi connectivity index (χ1v) is 11.7. The van der Waals surface area contributed by atoms with Crippen LogP contribution in [0, 0.1) is 5.82 Å². The molecule has 2 aromatic carbocycles. The van der Waals surface area contributed by atoms with Gasteiger partial charge in [0.2, 0.25) is 0 Å². The number of thiophene rings is 1. The maximum Gasteiger partial charge on any atom is 0.251 e.